The molecule has 4 aromatic rings. The van der Waals surface area contributed by atoms with E-state index < -0.39 is 11.7 Å². The first kappa shape index (κ1) is 23.4. The number of aliphatic hydroxyl groups excluding tert-OH is 1. The van der Waals surface area contributed by atoms with Gasteiger partial charge in [-0.2, -0.15) is 9.61 Å². The first-order valence-electron chi connectivity index (χ1n) is 11.1. The van der Waals surface area contributed by atoms with Crippen LogP contribution >= 0.6 is 0 Å². The molecule has 0 unspecified atom stereocenters. The van der Waals surface area contributed by atoms with Gasteiger partial charge in [-0.15, -0.1) is 0 Å². The number of anilines is 1. The number of aromatic nitrogens is 5. The minimum atomic E-state index is -0.688. The standard InChI is InChI=1S/C25H30N6O3/c1-16-17(2)28-31-21(13-20(15-32)27-22(16)31)30(24(33)34-25(3,4)5)14-18-8-7-9-19(12-18)23-26-10-11-29(23)6/h7-13,32H,14-15H2,1-6H3. The molecule has 3 heterocycles. The Hall–Kier alpha value is -3.72. The van der Waals surface area contributed by atoms with Gasteiger partial charge in [0.15, 0.2) is 5.65 Å². The third-order valence-electron chi connectivity index (χ3n) is 5.49. The van der Waals surface area contributed by atoms with E-state index in [9.17, 15) is 9.90 Å². The fourth-order valence-electron chi connectivity index (χ4n) is 3.73. The second kappa shape index (κ2) is 8.90. The molecule has 0 bridgehead atoms. The van der Waals surface area contributed by atoms with E-state index >= 15 is 0 Å². The van der Waals surface area contributed by atoms with Gasteiger partial charge in [0.1, 0.15) is 17.2 Å². The van der Waals surface area contributed by atoms with Gasteiger partial charge in [-0.3, -0.25) is 4.90 Å². The fourth-order valence-corrected chi connectivity index (χ4v) is 3.73. The molecule has 3 aromatic heterocycles. The van der Waals surface area contributed by atoms with Crippen molar-refractivity contribution in [2.24, 2.45) is 7.05 Å². The van der Waals surface area contributed by atoms with Crippen molar-refractivity contribution in [3.05, 3.63) is 65.2 Å². The first-order chi connectivity index (χ1) is 16.1. The predicted octanol–water partition coefficient (Wildman–Crippen LogP) is 4.18. The van der Waals surface area contributed by atoms with Gasteiger partial charge in [0.05, 0.1) is 24.5 Å². The zero-order valence-corrected chi connectivity index (χ0v) is 20.4. The molecule has 0 atom stereocenters. The van der Waals surface area contributed by atoms with Crippen molar-refractivity contribution in [1.29, 1.82) is 0 Å². The van der Waals surface area contributed by atoms with Crippen molar-refractivity contribution in [2.75, 3.05) is 4.90 Å². The largest absolute Gasteiger partial charge is 0.443 e. The van der Waals surface area contributed by atoms with Crippen LogP contribution in [0.2, 0.25) is 0 Å². The molecule has 0 fully saturated rings. The average Bonchev–Trinajstić information content (AvgIpc) is 3.33. The van der Waals surface area contributed by atoms with Crippen molar-refractivity contribution < 1.29 is 14.6 Å². The Bertz CT molecular complexity index is 1350. The van der Waals surface area contributed by atoms with Crippen LogP contribution in [0.3, 0.4) is 0 Å². The van der Waals surface area contributed by atoms with Crippen molar-refractivity contribution in [3.8, 4) is 11.4 Å². The lowest BCUT2D eigenvalue weighted by molar-refractivity contribution is 0.0575. The van der Waals surface area contributed by atoms with Gasteiger partial charge in [0, 0.05) is 36.6 Å². The third kappa shape index (κ3) is 4.65. The smallest absolute Gasteiger partial charge is 0.416 e. The highest BCUT2D eigenvalue weighted by Crippen LogP contribution is 2.26. The number of imidazole rings is 1. The van der Waals surface area contributed by atoms with Gasteiger partial charge >= 0.3 is 6.09 Å². The molecule has 4 rings (SSSR count). The van der Waals surface area contributed by atoms with Gasteiger partial charge in [0.2, 0.25) is 0 Å². The Labute approximate surface area is 198 Å². The fraction of sp³-hybridized carbons (Fsp3) is 0.360. The Morgan fingerprint density at radius 1 is 1.21 bits per heavy atom. The topological polar surface area (TPSA) is 97.8 Å². The molecule has 178 valence electrons. The van der Waals surface area contributed by atoms with Crippen LogP contribution in [0.15, 0.2) is 42.7 Å². The number of fused-ring (bicyclic) bond motifs is 1. The van der Waals surface area contributed by atoms with E-state index in [0.717, 1.165) is 28.2 Å². The highest BCUT2D eigenvalue weighted by molar-refractivity contribution is 5.87. The zero-order chi connectivity index (χ0) is 24.6. The second-order valence-electron chi connectivity index (χ2n) is 9.34. The van der Waals surface area contributed by atoms with Crippen LogP contribution in [0.5, 0.6) is 0 Å². The van der Waals surface area contributed by atoms with Gasteiger partial charge in [0.25, 0.3) is 0 Å². The Morgan fingerprint density at radius 2 is 1.97 bits per heavy atom. The molecule has 0 aliphatic carbocycles. The van der Waals surface area contributed by atoms with E-state index in [1.807, 2.05) is 76.7 Å². The van der Waals surface area contributed by atoms with Gasteiger partial charge in [-0.25, -0.2) is 14.8 Å². The van der Waals surface area contributed by atoms with E-state index in [1.54, 1.807) is 16.8 Å². The number of aryl methyl sites for hydroxylation is 3. The monoisotopic (exact) mass is 462 g/mol. The van der Waals surface area contributed by atoms with Crippen LogP contribution in [-0.4, -0.2) is 40.9 Å². The summed E-state index contributed by atoms with van der Waals surface area (Å²) in [5, 5.41) is 14.5. The number of carbonyl (C=O) groups excluding carboxylic acids is 1. The second-order valence-corrected chi connectivity index (χ2v) is 9.34. The minimum Gasteiger partial charge on any atom is -0.443 e. The number of aliphatic hydroxyl groups is 1. The summed E-state index contributed by atoms with van der Waals surface area (Å²) in [5.41, 5.74) is 3.86. The van der Waals surface area contributed by atoms with Crippen molar-refractivity contribution in [1.82, 2.24) is 24.1 Å². The number of nitrogens with zero attached hydrogens (tertiary/aromatic N) is 6. The van der Waals surface area contributed by atoms with Gasteiger partial charge in [-0.1, -0.05) is 18.2 Å². The van der Waals surface area contributed by atoms with Crippen molar-refractivity contribution in [3.63, 3.8) is 0 Å². The maximum atomic E-state index is 13.4. The summed E-state index contributed by atoms with van der Waals surface area (Å²) in [6.45, 7) is 9.26. The van der Waals surface area contributed by atoms with Crippen LogP contribution in [-0.2, 0) is 24.9 Å². The highest BCUT2D eigenvalue weighted by atomic mass is 16.6. The number of amides is 1. The van der Waals surface area contributed by atoms with Gasteiger partial charge < -0.3 is 14.4 Å². The molecule has 0 radical (unpaired) electrons. The summed E-state index contributed by atoms with van der Waals surface area (Å²) in [6.07, 6.45) is 3.13. The van der Waals surface area contributed by atoms with E-state index in [-0.39, 0.29) is 13.2 Å². The molecule has 9 heteroatoms. The first-order valence-corrected chi connectivity index (χ1v) is 11.1. The number of hydrogen-bond donors (Lipinski definition) is 1. The molecule has 1 aromatic carbocycles. The van der Waals surface area contributed by atoms with Crippen LogP contribution in [0, 0.1) is 13.8 Å². The normalized spacial score (nSPS) is 11.7. The molecule has 34 heavy (non-hydrogen) atoms. The number of hydrogen-bond acceptors (Lipinski definition) is 6. The molecule has 0 aliphatic heterocycles. The summed E-state index contributed by atoms with van der Waals surface area (Å²) >= 11 is 0. The van der Waals surface area contributed by atoms with Crippen molar-refractivity contribution >= 4 is 17.6 Å². The zero-order valence-electron chi connectivity index (χ0n) is 20.4. The van der Waals surface area contributed by atoms with Crippen LogP contribution in [0.4, 0.5) is 10.6 Å². The highest BCUT2D eigenvalue weighted by Gasteiger charge is 2.27. The van der Waals surface area contributed by atoms with Gasteiger partial charge in [-0.05, 0) is 46.2 Å². The Balaban J connectivity index is 1.83. The molecular weight excluding hydrogens is 432 g/mol. The quantitative estimate of drug-likeness (QED) is 0.478. The SMILES string of the molecule is Cc1nn2c(N(Cc3cccc(-c4nccn4C)c3)C(=O)OC(C)(C)C)cc(CO)nc2c1C. The van der Waals surface area contributed by atoms with E-state index in [4.69, 9.17) is 4.74 Å². The minimum absolute atomic E-state index is 0.231. The molecule has 0 saturated carbocycles. The average molecular weight is 463 g/mol. The van der Waals surface area contributed by atoms with Crippen LogP contribution in [0.25, 0.3) is 17.0 Å². The molecule has 0 saturated heterocycles. The van der Waals surface area contributed by atoms with E-state index in [0.29, 0.717) is 17.2 Å². The Kier molecular flexibility index (Phi) is 6.14. The number of ether oxygens (including phenoxy) is 1. The number of benzene rings is 1. The lowest BCUT2D eigenvalue weighted by Gasteiger charge is -2.28. The van der Waals surface area contributed by atoms with Crippen LogP contribution in [0.1, 0.15) is 43.3 Å². The number of rotatable bonds is 5. The summed E-state index contributed by atoms with van der Waals surface area (Å²) < 4.78 is 9.33. The molecule has 0 aliphatic rings. The van der Waals surface area contributed by atoms with Crippen molar-refractivity contribution in [2.45, 2.75) is 53.4 Å². The van der Waals surface area contributed by atoms with E-state index in [1.165, 1.54) is 4.90 Å². The summed E-state index contributed by atoms with van der Waals surface area (Å²) in [7, 11) is 1.94. The third-order valence-corrected chi connectivity index (χ3v) is 5.49. The lowest BCUT2D eigenvalue weighted by atomic mass is 10.1. The maximum Gasteiger partial charge on any atom is 0.416 e. The van der Waals surface area contributed by atoms with E-state index in [2.05, 4.69) is 15.1 Å². The molecule has 0 spiro atoms. The summed E-state index contributed by atoms with van der Waals surface area (Å²) in [4.78, 5) is 23.9. The molecule has 1 amide bonds. The molecule has 1 N–H and O–H groups in total. The predicted molar refractivity (Wildman–Crippen MR) is 129 cm³/mol. The number of carbonyl (C=O) groups is 1. The lowest BCUT2D eigenvalue weighted by Crippen LogP contribution is -2.37. The summed E-state index contributed by atoms with van der Waals surface area (Å²) in [6, 6.07) is 9.55. The summed E-state index contributed by atoms with van der Waals surface area (Å²) in [5.74, 6) is 1.31. The van der Waals surface area contributed by atoms with Crippen LogP contribution < -0.4 is 4.90 Å². The maximum absolute atomic E-state index is 13.4. The molecule has 9 nitrogen and oxygen atoms in total. The Morgan fingerprint density at radius 3 is 2.62 bits per heavy atom. The molecular formula is C25H30N6O3.